The van der Waals surface area contributed by atoms with Crippen molar-refractivity contribution in [2.24, 2.45) is 0 Å². The Hall–Kier alpha value is -1.55. The molecule has 16 heavy (non-hydrogen) atoms. The van der Waals surface area contributed by atoms with Crippen LogP contribution in [0.15, 0.2) is 24.3 Å². The number of hydrogen-bond donors (Lipinski definition) is 2. The zero-order valence-electron chi connectivity index (χ0n) is 9.31. The van der Waals surface area contributed by atoms with Crippen LogP contribution in [-0.4, -0.2) is 24.2 Å². The van der Waals surface area contributed by atoms with Crippen LogP contribution in [0, 0.1) is 0 Å². The molecule has 0 saturated carbocycles. The quantitative estimate of drug-likeness (QED) is 0.756. The monoisotopic (exact) mass is 220 g/mol. The first kappa shape index (κ1) is 11.0. The molecule has 1 aromatic carbocycles. The summed E-state index contributed by atoms with van der Waals surface area (Å²) in [5, 5.41) is 12.6. The highest BCUT2D eigenvalue weighted by Crippen LogP contribution is 2.33. The Morgan fingerprint density at radius 2 is 2.31 bits per heavy atom. The van der Waals surface area contributed by atoms with Gasteiger partial charge in [-0.15, -0.1) is 0 Å². The van der Waals surface area contributed by atoms with E-state index in [4.69, 9.17) is 0 Å². The van der Waals surface area contributed by atoms with Crippen molar-refractivity contribution >= 4 is 11.7 Å². The molecule has 1 aliphatic rings. The molecule has 0 fully saturated rings. The van der Waals surface area contributed by atoms with Crippen LogP contribution in [0.5, 0.6) is 0 Å². The molecule has 4 heteroatoms. The first-order chi connectivity index (χ1) is 7.74. The van der Waals surface area contributed by atoms with Gasteiger partial charge in [-0.05, 0) is 19.4 Å². The third kappa shape index (κ3) is 1.88. The predicted molar refractivity (Wildman–Crippen MR) is 62.4 cm³/mol. The predicted octanol–water partition coefficient (Wildman–Crippen LogP) is 1.66. The van der Waals surface area contributed by atoms with Crippen molar-refractivity contribution in [1.82, 2.24) is 5.32 Å². The number of anilines is 1. The lowest BCUT2D eigenvalue weighted by Crippen LogP contribution is -2.43. The molecule has 1 unspecified atom stereocenters. The highest BCUT2D eigenvalue weighted by molar-refractivity contribution is 5.93. The minimum Gasteiger partial charge on any atom is -0.388 e. The molecular formula is C12H16N2O2. The zero-order valence-corrected chi connectivity index (χ0v) is 9.31. The Bertz CT molecular complexity index is 392. The topological polar surface area (TPSA) is 52.6 Å². The average Bonchev–Trinajstić information content (AvgIpc) is 2.30. The van der Waals surface area contributed by atoms with E-state index in [2.05, 4.69) is 5.32 Å². The normalized spacial score (nSPS) is 19.1. The van der Waals surface area contributed by atoms with Crippen LogP contribution in [0.4, 0.5) is 10.5 Å². The summed E-state index contributed by atoms with van der Waals surface area (Å²) in [7, 11) is 0. The highest BCUT2D eigenvalue weighted by atomic mass is 16.3. The number of para-hydroxylation sites is 1. The summed E-state index contributed by atoms with van der Waals surface area (Å²) < 4.78 is 0. The molecule has 2 amide bonds. The van der Waals surface area contributed by atoms with Gasteiger partial charge in [0.05, 0.1) is 11.8 Å². The number of amides is 2. The standard InChI is InChI=1S/C12H16N2O2/c1-2-13-12(16)14-8-7-11(15)9-5-3-4-6-10(9)14/h3-6,11,15H,2,7-8H2,1H3,(H,13,16). The Morgan fingerprint density at radius 1 is 1.56 bits per heavy atom. The number of nitrogens with zero attached hydrogens (tertiary/aromatic N) is 1. The minimum atomic E-state index is -0.457. The number of hydrogen-bond acceptors (Lipinski definition) is 2. The maximum absolute atomic E-state index is 11.8. The van der Waals surface area contributed by atoms with Gasteiger partial charge in [0.15, 0.2) is 0 Å². The minimum absolute atomic E-state index is 0.0955. The molecule has 0 radical (unpaired) electrons. The zero-order chi connectivity index (χ0) is 11.5. The molecule has 1 atom stereocenters. The fraction of sp³-hybridized carbons (Fsp3) is 0.417. The highest BCUT2D eigenvalue weighted by Gasteiger charge is 2.26. The van der Waals surface area contributed by atoms with E-state index in [1.807, 2.05) is 31.2 Å². The number of nitrogens with one attached hydrogen (secondary N) is 1. The van der Waals surface area contributed by atoms with E-state index in [1.165, 1.54) is 0 Å². The van der Waals surface area contributed by atoms with Gasteiger partial charge in [-0.3, -0.25) is 4.90 Å². The van der Waals surface area contributed by atoms with Crippen molar-refractivity contribution < 1.29 is 9.90 Å². The number of carbonyl (C=O) groups is 1. The number of benzene rings is 1. The van der Waals surface area contributed by atoms with Crippen LogP contribution in [0.2, 0.25) is 0 Å². The van der Waals surface area contributed by atoms with E-state index in [0.29, 0.717) is 19.5 Å². The fourth-order valence-corrected chi connectivity index (χ4v) is 2.00. The summed E-state index contributed by atoms with van der Waals surface area (Å²) in [6, 6.07) is 7.40. The van der Waals surface area contributed by atoms with Gasteiger partial charge in [-0.25, -0.2) is 4.79 Å². The van der Waals surface area contributed by atoms with E-state index in [9.17, 15) is 9.90 Å². The van der Waals surface area contributed by atoms with Crippen LogP contribution >= 0.6 is 0 Å². The smallest absolute Gasteiger partial charge is 0.321 e. The van der Waals surface area contributed by atoms with Gasteiger partial charge in [0, 0.05) is 18.7 Å². The number of carbonyl (C=O) groups excluding carboxylic acids is 1. The maximum Gasteiger partial charge on any atom is 0.321 e. The van der Waals surface area contributed by atoms with E-state index in [-0.39, 0.29) is 6.03 Å². The van der Waals surface area contributed by atoms with Crippen LogP contribution < -0.4 is 10.2 Å². The van der Waals surface area contributed by atoms with Gasteiger partial charge in [0.1, 0.15) is 0 Å². The van der Waals surface area contributed by atoms with Crippen LogP contribution in [-0.2, 0) is 0 Å². The Kier molecular flexibility index (Phi) is 3.10. The van der Waals surface area contributed by atoms with Gasteiger partial charge in [0.25, 0.3) is 0 Å². The van der Waals surface area contributed by atoms with Gasteiger partial charge >= 0.3 is 6.03 Å². The van der Waals surface area contributed by atoms with E-state index >= 15 is 0 Å². The molecule has 86 valence electrons. The fourth-order valence-electron chi connectivity index (χ4n) is 2.00. The van der Waals surface area contributed by atoms with Gasteiger partial charge < -0.3 is 10.4 Å². The molecule has 1 aliphatic heterocycles. The summed E-state index contributed by atoms with van der Waals surface area (Å²) in [6.07, 6.45) is 0.135. The molecule has 0 spiro atoms. The van der Waals surface area contributed by atoms with Gasteiger partial charge in [-0.2, -0.15) is 0 Å². The largest absolute Gasteiger partial charge is 0.388 e. The van der Waals surface area contributed by atoms with E-state index in [1.54, 1.807) is 4.90 Å². The van der Waals surface area contributed by atoms with Crippen LogP contribution in [0.3, 0.4) is 0 Å². The average molecular weight is 220 g/mol. The third-order valence-electron chi connectivity index (χ3n) is 2.79. The van der Waals surface area contributed by atoms with Gasteiger partial charge in [-0.1, -0.05) is 18.2 Å². The van der Waals surface area contributed by atoms with Crippen molar-refractivity contribution in [1.29, 1.82) is 0 Å². The van der Waals surface area contributed by atoms with Crippen molar-refractivity contribution in [3.05, 3.63) is 29.8 Å². The number of fused-ring (bicyclic) bond motifs is 1. The van der Waals surface area contributed by atoms with Crippen LogP contribution in [0.25, 0.3) is 0 Å². The Morgan fingerprint density at radius 3 is 3.06 bits per heavy atom. The second-order valence-corrected chi connectivity index (χ2v) is 3.85. The molecule has 2 rings (SSSR count). The van der Waals surface area contributed by atoms with Crippen molar-refractivity contribution in [3.8, 4) is 0 Å². The second-order valence-electron chi connectivity index (χ2n) is 3.85. The Balaban J connectivity index is 2.31. The van der Waals surface area contributed by atoms with Crippen LogP contribution in [0.1, 0.15) is 25.0 Å². The summed E-state index contributed by atoms with van der Waals surface area (Å²) in [6.45, 7) is 3.06. The maximum atomic E-state index is 11.8. The lowest BCUT2D eigenvalue weighted by molar-refractivity contribution is 0.164. The number of aliphatic hydroxyl groups is 1. The molecule has 0 aromatic heterocycles. The SMILES string of the molecule is CCNC(=O)N1CCC(O)c2ccccc21. The third-order valence-corrected chi connectivity index (χ3v) is 2.79. The molecule has 1 aromatic rings. The number of urea groups is 1. The number of rotatable bonds is 1. The summed E-state index contributed by atoms with van der Waals surface area (Å²) >= 11 is 0. The second kappa shape index (κ2) is 4.53. The molecule has 0 saturated heterocycles. The lowest BCUT2D eigenvalue weighted by atomic mass is 9.99. The van der Waals surface area contributed by atoms with Crippen molar-refractivity contribution in [2.75, 3.05) is 18.0 Å². The molecule has 1 heterocycles. The number of aliphatic hydroxyl groups excluding tert-OH is 1. The summed E-state index contributed by atoms with van der Waals surface area (Å²) in [5.74, 6) is 0. The molecule has 0 bridgehead atoms. The van der Waals surface area contributed by atoms with E-state index < -0.39 is 6.10 Å². The summed E-state index contributed by atoms with van der Waals surface area (Å²) in [4.78, 5) is 13.5. The van der Waals surface area contributed by atoms with Gasteiger partial charge in [0.2, 0.25) is 0 Å². The van der Waals surface area contributed by atoms with E-state index in [0.717, 1.165) is 11.3 Å². The first-order valence-electron chi connectivity index (χ1n) is 5.56. The molecule has 0 aliphatic carbocycles. The first-order valence-corrected chi connectivity index (χ1v) is 5.56. The molecular weight excluding hydrogens is 204 g/mol. The van der Waals surface area contributed by atoms with Crippen molar-refractivity contribution in [3.63, 3.8) is 0 Å². The molecule has 4 nitrogen and oxygen atoms in total. The lowest BCUT2D eigenvalue weighted by Gasteiger charge is -2.32. The van der Waals surface area contributed by atoms with Crippen molar-refractivity contribution in [2.45, 2.75) is 19.4 Å². The Labute approximate surface area is 94.9 Å². The summed E-state index contributed by atoms with van der Waals surface area (Å²) in [5.41, 5.74) is 1.65. The molecule has 2 N–H and O–H groups in total.